The molecule has 0 aliphatic carbocycles. The van der Waals surface area contributed by atoms with Crippen molar-refractivity contribution in [3.8, 4) is 0 Å². The number of hydrogen-bond acceptors (Lipinski definition) is 6. The van der Waals surface area contributed by atoms with Crippen LogP contribution in [-0.4, -0.2) is 29.6 Å². The van der Waals surface area contributed by atoms with Crippen LogP contribution >= 0.6 is 0 Å². The van der Waals surface area contributed by atoms with E-state index in [1.165, 1.54) is 0 Å². The lowest BCUT2D eigenvalue weighted by atomic mass is 10.3. The van der Waals surface area contributed by atoms with Crippen LogP contribution in [-0.2, 0) is 6.54 Å². The zero-order valence-electron chi connectivity index (χ0n) is 11.2. The highest BCUT2D eigenvalue weighted by atomic mass is 16.3. The molecular weight excluding hydrogens is 242 g/mol. The van der Waals surface area contributed by atoms with Crippen LogP contribution in [0.2, 0.25) is 0 Å². The van der Waals surface area contributed by atoms with Gasteiger partial charge in [0.2, 0.25) is 0 Å². The minimum atomic E-state index is 0.229. The van der Waals surface area contributed by atoms with E-state index in [0.29, 0.717) is 13.1 Å². The Bertz CT molecular complexity index is 499. The SMILES string of the molecule is CC(CN)N(C)c1cc(NCc2ccco2)ncn1. The van der Waals surface area contributed by atoms with Crippen molar-refractivity contribution in [2.75, 3.05) is 23.8 Å². The number of nitrogens with zero attached hydrogens (tertiary/aromatic N) is 3. The molecule has 0 amide bonds. The number of anilines is 2. The van der Waals surface area contributed by atoms with E-state index < -0.39 is 0 Å². The highest BCUT2D eigenvalue weighted by Gasteiger charge is 2.10. The summed E-state index contributed by atoms with van der Waals surface area (Å²) in [7, 11) is 1.97. The van der Waals surface area contributed by atoms with Crippen molar-refractivity contribution in [1.82, 2.24) is 9.97 Å². The van der Waals surface area contributed by atoms with E-state index >= 15 is 0 Å². The fourth-order valence-electron chi connectivity index (χ4n) is 1.61. The number of rotatable bonds is 6. The molecule has 1 atom stereocenters. The molecule has 0 aliphatic heterocycles. The van der Waals surface area contributed by atoms with Crippen molar-refractivity contribution in [1.29, 1.82) is 0 Å². The molecule has 0 radical (unpaired) electrons. The van der Waals surface area contributed by atoms with Crippen LogP contribution in [0.25, 0.3) is 0 Å². The summed E-state index contributed by atoms with van der Waals surface area (Å²) in [6.07, 6.45) is 3.19. The molecule has 2 heterocycles. The van der Waals surface area contributed by atoms with Gasteiger partial charge < -0.3 is 20.4 Å². The van der Waals surface area contributed by atoms with Gasteiger partial charge in [-0.1, -0.05) is 0 Å². The Morgan fingerprint density at radius 3 is 3.00 bits per heavy atom. The normalized spacial score (nSPS) is 12.2. The third-order valence-corrected chi connectivity index (χ3v) is 3.04. The maximum atomic E-state index is 5.66. The molecule has 2 aromatic rings. The van der Waals surface area contributed by atoms with Crippen molar-refractivity contribution in [3.63, 3.8) is 0 Å². The van der Waals surface area contributed by atoms with Crippen LogP contribution in [0, 0.1) is 0 Å². The molecule has 2 aromatic heterocycles. The molecule has 2 rings (SSSR count). The second-order valence-corrected chi connectivity index (χ2v) is 4.39. The van der Waals surface area contributed by atoms with Gasteiger partial charge in [-0.05, 0) is 19.1 Å². The second kappa shape index (κ2) is 6.19. The van der Waals surface area contributed by atoms with E-state index in [9.17, 15) is 0 Å². The molecule has 1 unspecified atom stereocenters. The molecule has 0 saturated carbocycles. The third-order valence-electron chi connectivity index (χ3n) is 3.04. The van der Waals surface area contributed by atoms with Gasteiger partial charge in [0.15, 0.2) is 0 Å². The zero-order valence-corrected chi connectivity index (χ0v) is 11.2. The number of aromatic nitrogens is 2. The maximum absolute atomic E-state index is 5.66. The number of furan rings is 1. The predicted octanol–water partition coefficient (Wildman–Crippen LogP) is 1.47. The lowest BCUT2D eigenvalue weighted by molar-refractivity contribution is 0.518. The molecule has 0 fully saturated rings. The van der Waals surface area contributed by atoms with Gasteiger partial charge in [-0.25, -0.2) is 9.97 Å². The van der Waals surface area contributed by atoms with Gasteiger partial charge >= 0.3 is 0 Å². The summed E-state index contributed by atoms with van der Waals surface area (Å²) in [6.45, 7) is 3.23. The van der Waals surface area contributed by atoms with Crippen molar-refractivity contribution >= 4 is 11.6 Å². The Hall–Kier alpha value is -2.08. The first-order valence-corrected chi connectivity index (χ1v) is 6.22. The Labute approximate surface area is 112 Å². The van der Waals surface area contributed by atoms with Crippen LogP contribution in [0.1, 0.15) is 12.7 Å². The average molecular weight is 261 g/mol. The van der Waals surface area contributed by atoms with Crippen molar-refractivity contribution in [2.24, 2.45) is 5.73 Å². The largest absolute Gasteiger partial charge is 0.467 e. The van der Waals surface area contributed by atoms with E-state index in [-0.39, 0.29) is 6.04 Å². The fraction of sp³-hybridized carbons (Fsp3) is 0.385. The Morgan fingerprint density at radius 1 is 1.47 bits per heavy atom. The molecule has 0 aliphatic rings. The summed E-state index contributed by atoms with van der Waals surface area (Å²) in [6, 6.07) is 5.90. The number of nitrogens with one attached hydrogen (secondary N) is 1. The van der Waals surface area contributed by atoms with Gasteiger partial charge in [0.1, 0.15) is 23.7 Å². The number of likely N-dealkylation sites (N-methyl/N-ethyl adjacent to an activating group) is 1. The molecule has 6 nitrogen and oxygen atoms in total. The Balaban J connectivity index is 2.02. The van der Waals surface area contributed by atoms with Gasteiger partial charge in [-0.2, -0.15) is 0 Å². The van der Waals surface area contributed by atoms with Crippen molar-refractivity contribution in [2.45, 2.75) is 19.5 Å². The van der Waals surface area contributed by atoms with Crippen LogP contribution in [0.15, 0.2) is 35.2 Å². The minimum Gasteiger partial charge on any atom is -0.467 e. The van der Waals surface area contributed by atoms with E-state index in [4.69, 9.17) is 10.2 Å². The molecule has 3 N–H and O–H groups in total. The fourth-order valence-corrected chi connectivity index (χ4v) is 1.61. The third kappa shape index (κ3) is 3.45. The summed E-state index contributed by atoms with van der Waals surface area (Å²) in [5, 5.41) is 3.20. The molecule has 102 valence electrons. The van der Waals surface area contributed by atoms with Gasteiger partial charge in [0.05, 0.1) is 12.8 Å². The molecule has 6 heteroatoms. The van der Waals surface area contributed by atoms with Crippen LogP contribution < -0.4 is 16.0 Å². The molecule has 0 aromatic carbocycles. The molecule has 0 spiro atoms. The predicted molar refractivity (Wildman–Crippen MR) is 75.0 cm³/mol. The lowest BCUT2D eigenvalue weighted by Crippen LogP contribution is -2.35. The highest BCUT2D eigenvalue weighted by Crippen LogP contribution is 2.15. The molecule has 0 bridgehead atoms. The minimum absolute atomic E-state index is 0.229. The van der Waals surface area contributed by atoms with Crippen LogP contribution in [0.4, 0.5) is 11.6 Å². The van der Waals surface area contributed by atoms with Gasteiger partial charge in [-0.15, -0.1) is 0 Å². The summed E-state index contributed by atoms with van der Waals surface area (Å²) >= 11 is 0. The summed E-state index contributed by atoms with van der Waals surface area (Å²) in [5.41, 5.74) is 5.66. The van der Waals surface area contributed by atoms with E-state index in [1.54, 1.807) is 12.6 Å². The Morgan fingerprint density at radius 2 is 2.32 bits per heavy atom. The first kappa shape index (κ1) is 13.4. The maximum Gasteiger partial charge on any atom is 0.134 e. The van der Waals surface area contributed by atoms with Gasteiger partial charge in [0.25, 0.3) is 0 Å². The van der Waals surface area contributed by atoms with Crippen LogP contribution in [0.3, 0.4) is 0 Å². The van der Waals surface area contributed by atoms with Gasteiger partial charge in [-0.3, -0.25) is 0 Å². The van der Waals surface area contributed by atoms with E-state index in [0.717, 1.165) is 17.4 Å². The highest BCUT2D eigenvalue weighted by molar-refractivity contribution is 5.48. The lowest BCUT2D eigenvalue weighted by Gasteiger charge is -2.24. The van der Waals surface area contributed by atoms with Crippen LogP contribution in [0.5, 0.6) is 0 Å². The molecular formula is C13H19N5O. The summed E-state index contributed by atoms with van der Waals surface area (Å²) < 4.78 is 5.26. The standard InChI is InChI=1S/C13H19N5O/c1-10(7-14)18(2)13-6-12(16-9-17-13)15-8-11-4-3-5-19-11/h3-6,9-10H,7-8,14H2,1-2H3,(H,15,16,17). The first-order valence-electron chi connectivity index (χ1n) is 6.22. The monoisotopic (exact) mass is 261 g/mol. The smallest absolute Gasteiger partial charge is 0.134 e. The molecule has 19 heavy (non-hydrogen) atoms. The quantitative estimate of drug-likeness (QED) is 0.819. The summed E-state index contributed by atoms with van der Waals surface area (Å²) in [5.74, 6) is 2.47. The van der Waals surface area contributed by atoms with E-state index in [2.05, 4.69) is 22.2 Å². The van der Waals surface area contributed by atoms with E-state index in [1.807, 2.05) is 30.1 Å². The average Bonchev–Trinajstić information content (AvgIpc) is 2.97. The Kier molecular flexibility index (Phi) is 4.35. The topological polar surface area (TPSA) is 80.2 Å². The molecule has 0 saturated heterocycles. The summed E-state index contributed by atoms with van der Waals surface area (Å²) in [4.78, 5) is 10.5. The second-order valence-electron chi connectivity index (χ2n) is 4.39. The van der Waals surface area contributed by atoms with Crippen molar-refractivity contribution in [3.05, 3.63) is 36.5 Å². The number of nitrogens with two attached hydrogens (primary N) is 1. The first-order chi connectivity index (χ1) is 9.20. The zero-order chi connectivity index (χ0) is 13.7. The van der Waals surface area contributed by atoms with Crippen molar-refractivity contribution < 1.29 is 4.42 Å². The number of hydrogen-bond donors (Lipinski definition) is 2. The van der Waals surface area contributed by atoms with Gasteiger partial charge in [0, 0.05) is 25.7 Å².